The van der Waals surface area contributed by atoms with Crippen LogP contribution in [0.3, 0.4) is 0 Å². The number of hydrogen-bond acceptors (Lipinski definition) is 6. The van der Waals surface area contributed by atoms with E-state index in [2.05, 4.69) is 9.50 Å². The van der Waals surface area contributed by atoms with E-state index in [1.54, 1.807) is 0 Å². The second kappa shape index (κ2) is 8.85. The van der Waals surface area contributed by atoms with Crippen molar-refractivity contribution < 1.29 is 22.0 Å². The molecular formula is C8H20N2O5S. The predicted molar refractivity (Wildman–Crippen MR) is 59.2 cm³/mol. The minimum Gasteiger partial charge on any atom is -0.314 e. The highest BCUT2D eigenvalue weighted by atomic mass is 32.3. The van der Waals surface area contributed by atoms with E-state index in [4.69, 9.17) is 9.39 Å². The maximum atomic E-state index is 9.56. The quantitative estimate of drug-likeness (QED) is 0.666. The van der Waals surface area contributed by atoms with Crippen molar-refractivity contribution in [3.8, 4) is 0 Å². The lowest BCUT2D eigenvalue weighted by Crippen LogP contribution is -2.43. The van der Waals surface area contributed by atoms with Crippen molar-refractivity contribution in [1.29, 1.82) is 0 Å². The molecule has 1 fully saturated rings. The highest BCUT2D eigenvalue weighted by Crippen LogP contribution is 1.91. The highest BCUT2D eigenvalue weighted by molar-refractivity contribution is 7.80. The van der Waals surface area contributed by atoms with Gasteiger partial charge < -0.3 is 5.32 Å². The first-order valence-electron chi connectivity index (χ1n) is 5.20. The normalized spacial score (nSPS) is 17.7. The van der Waals surface area contributed by atoms with Gasteiger partial charge in [0.1, 0.15) is 0 Å². The van der Waals surface area contributed by atoms with E-state index in [-0.39, 0.29) is 6.61 Å². The highest BCUT2D eigenvalue weighted by Gasteiger charge is 2.07. The minimum atomic E-state index is -4.17. The van der Waals surface area contributed by atoms with Crippen molar-refractivity contribution in [2.45, 2.75) is 13.8 Å². The summed E-state index contributed by atoms with van der Waals surface area (Å²) >= 11 is 0. The molecule has 0 saturated carbocycles. The largest absolute Gasteiger partial charge is 0.397 e. The van der Waals surface area contributed by atoms with Crippen LogP contribution in [-0.2, 0) is 19.4 Å². The van der Waals surface area contributed by atoms with Crippen LogP contribution in [0.15, 0.2) is 0 Å². The summed E-state index contributed by atoms with van der Waals surface area (Å²) in [6, 6.07) is 0. The van der Waals surface area contributed by atoms with Gasteiger partial charge in [0.15, 0.2) is 0 Å². The second-order valence-corrected chi connectivity index (χ2v) is 4.02. The van der Waals surface area contributed by atoms with E-state index in [1.807, 2.05) is 12.0 Å². The monoisotopic (exact) mass is 256 g/mol. The van der Waals surface area contributed by atoms with Crippen LogP contribution in [0.2, 0.25) is 0 Å². The van der Waals surface area contributed by atoms with Crippen LogP contribution in [0.4, 0.5) is 0 Å². The van der Waals surface area contributed by atoms with Gasteiger partial charge in [0.05, 0.1) is 13.2 Å². The van der Waals surface area contributed by atoms with Crippen molar-refractivity contribution in [2.75, 3.05) is 39.4 Å². The number of nitrogens with one attached hydrogen (secondary N) is 1. The summed E-state index contributed by atoms with van der Waals surface area (Å²) in [6.45, 7) is 8.40. The molecule has 0 aliphatic carbocycles. The summed E-state index contributed by atoms with van der Waals surface area (Å²) in [5, 5.41) is 5.26. The molecule has 0 aromatic carbocycles. The Morgan fingerprint density at radius 1 is 1.25 bits per heavy atom. The van der Waals surface area contributed by atoms with Gasteiger partial charge in [0.25, 0.3) is 0 Å². The fourth-order valence-electron chi connectivity index (χ4n) is 1.10. The molecule has 1 aliphatic heterocycles. The third-order valence-corrected chi connectivity index (χ3v) is 2.19. The Morgan fingerprint density at radius 2 is 1.81 bits per heavy atom. The van der Waals surface area contributed by atoms with Crippen LogP contribution >= 0.6 is 0 Å². The molecule has 16 heavy (non-hydrogen) atoms. The Hall–Kier alpha value is -0.250. The van der Waals surface area contributed by atoms with E-state index >= 15 is 0 Å². The summed E-state index contributed by atoms with van der Waals surface area (Å²) in [7, 11) is -4.17. The summed E-state index contributed by atoms with van der Waals surface area (Å²) in [6.07, 6.45) is 0. The Balaban J connectivity index is 0.000000293. The molecule has 0 unspecified atom stereocenters. The lowest BCUT2D eigenvalue weighted by Gasteiger charge is -2.25. The lowest BCUT2D eigenvalue weighted by atomic mass is 10.4. The molecule has 0 radical (unpaired) electrons. The standard InChI is InChI=1S/C6H14N2O.C2H6O4S/c1-2-9-8-5-3-7-4-6-8;1-2-6-7(3,4)5/h7H,2-6H2,1H3;2H2,1H3,(H,3,4,5). The van der Waals surface area contributed by atoms with Gasteiger partial charge >= 0.3 is 10.4 Å². The van der Waals surface area contributed by atoms with Gasteiger partial charge in [-0.05, 0) is 13.8 Å². The zero-order chi connectivity index (χ0) is 12.4. The molecule has 2 N–H and O–H groups in total. The molecule has 1 saturated heterocycles. The molecule has 1 heterocycles. The zero-order valence-corrected chi connectivity index (χ0v) is 10.5. The molecule has 0 atom stereocenters. The molecule has 0 aromatic rings. The summed E-state index contributed by atoms with van der Waals surface area (Å²) < 4.78 is 30.7. The molecular weight excluding hydrogens is 236 g/mol. The third kappa shape index (κ3) is 10.3. The molecule has 0 aromatic heterocycles. The van der Waals surface area contributed by atoms with Crippen LogP contribution in [0.1, 0.15) is 13.8 Å². The number of hydroxylamine groups is 2. The molecule has 0 amide bonds. The first-order chi connectivity index (χ1) is 7.49. The molecule has 7 nitrogen and oxygen atoms in total. The Bertz CT molecular complexity index is 248. The maximum absolute atomic E-state index is 9.56. The van der Waals surface area contributed by atoms with Crippen molar-refractivity contribution in [3.63, 3.8) is 0 Å². The SMILES string of the molecule is CCON1CCNCC1.CCOS(=O)(=O)O. The summed E-state index contributed by atoms with van der Waals surface area (Å²) in [5.74, 6) is 0. The van der Waals surface area contributed by atoms with Crippen LogP contribution in [0, 0.1) is 0 Å². The minimum absolute atomic E-state index is 0.0289. The van der Waals surface area contributed by atoms with E-state index in [0.29, 0.717) is 0 Å². The predicted octanol–water partition coefficient (Wildman–Crippen LogP) is -0.331. The van der Waals surface area contributed by atoms with Gasteiger partial charge in [0.2, 0.25) is 0 Å². The van der Waals surface area contributed by atoms with Crippen LogP contribution in [-0.4, -0.2) is 57.4 Å². The lowest BCUT2D eigenvalue weighted by molar-refractivity contribution is -0.159. The third-order valence-electron chi connectivity index (χ3n) is 1.65. The van der Waals surface area contributed by atoms with Crippen molar-refractivity contribution in [2.24, 2.45) is 0 Å². The fourth-order valence-corrected chi connectivity index (χ4v) is 1.40. The summed E-state index contributed by atoms with van der Waals surface area (Å²) in [4.78, 5) is 5.28. The van der Waals surface area contributed by atoms with Crippen LogP contribution in [0.25, 0.3) is 0 Å². The van der Waals surface area contributed by atoms with E-state index in [9.17, 15) is 8.42 Å². The van der Waals surface area contributed by atoms with Gasteiger partial charge in [-0.25, -0.2) is 4.18 Å². The van der Waals surface area contributed by atoms with Crippen molar-refractivity contribution >= 4 is 10.4 Å². The van der Waals surface area contributed by atoms with E-state index in [1.165, 1.54) is 6.92 Å². The van der Waals surface area contributed by atoms with Gasteiger partial charge in [-0.1, -0.05) is 0 Å². The van der Waals surface area contributed by atoms with Gasteiger partial charge in [0, 0.05) is 26.2 Å². The molecule has 1 aliphatic rings. The van der Waals surface area contributed by atoms with Crippen LogP contribution < -0.4 is 5.32 Å². The van der Waals surface area contributed by atoms with Gasteiger partial charge in [-0.2, -0.15) is 13.5 Å². The molecule has 1 rings (SSSR count). The first-order valence-corrected chi connectivity index (χ1v) is 6.56. The average Bonchev–Trinajstić information content (AvgIpc) is 2.19. The van der Waals surface area contributed by atoms with E-state index in [0.717, 1.165) is 32.8 Å². The molecule has 8 heteroatoms. The summed E-state index contributed by atoms with van der Waals surface area (Å²) in [5.41, 5.74) is 0. The number of piperazine rings is 1. The second-order valence-electron chi connectivity index (χ2n) is 2.93. The van der Waals surface area contributed by atoms with Gasteiger partial charge in [-0.3, -0.25) is 9.39 Å². The number of nitrogens with zero attached hydrogens (tertiary/aromatic N) is 1. The smallest absolute Gasteiger partial charge is 0.314 e. The van der Waals surface area contributed by atoms with Crippen molar-refractivity contribution in [1.82, 2.24) is 10.4 Å². The number of hydrogen-bond donors (Lipinski definition) is 2. The zero-order valence-electron chi connectivity index (χ0n) is 9.68. The molecule has 0 spiro atoms. The Labute approximate surface area is 96.6 Å². The Morgan fingerprint density at radius 3 is 2.12 bits per heavy atom. The van der Waals surface area contributed by atoms with Gasteiger partial charge in [-0.15, -0.1) is 0 Å². The molecule has 0 bridgehead atoms. The molecule has 98 valence electrons. The maximum Gasteiger partial charge on any atom is 0.397 e. The first kappa shape index (κ1) is 15.8. The van der Waals surface area contributed by atoms with Crippen LogP contribution in [0.5, 0.6) is 0 Å². The van der Waals surface area contributed by atoms with E-state index < -0.39 is 10.4 Å². The average molecular weight is 256 g/mol. The topological polar surface area (TPSA) is 88.1 Å². The van der Waals surface area contributed by atoms with Crippen molar-refractivity contribution in [3.05, 3.63) is 0 Å². The number of rotatable bonds is 4. The Kier molecular flexibility index (Phi) is 8.71. The fraction of sp³-hybridized carbons (Fsp3) is 1.00.